The molecule has 0 heterocycles. The molecule has 2 rings (SSSR count). The summed E-state index contributed by atoms with van der Waals surface area (Å²) >= 11 is 4.12. The number of aryl methyl sites for hydroxylation is 2. The van der Waals surface area contributed by atoms with Gasteiger partial charge >= 0.3 is 0 Å². The average molecular weight is 359 g/mol. The van der Waals surface area contributed by atoms with Crippen molar-refractivity contribution in [3.8, 4) is 0 Å². The standard InChI is InChI=1S/C22H30S2/c1-16-12-8-10-14-19(16)21(4,5)23-18(3)24-22(6,7)20-15-11-9-13-17(20)2/h8-15,18H,1-7H3. The van der Waals surface area contributed by atoms with Gasteiger partial charge in [0.1, 0.15) is 0 Å². The van der Waals surface area contributed by atoms with Gasteiger partial charge in [0.25, 0.3) is 0 Å². The molecule has 0 fully saturated rings. The fourth-order valence-electron chi connectivity index (χ4n) is 3.48. The van der Waals surface area contributed by atoms with E-state index in [2.05, 4.69) is 121 Å². The van der Waals surface area contributed by atoms with E-state index in [1.165, 1.54) is 22.3 Å². The number of rotatable bonds is 6. The van der Waals surface area contributed by atoms with Crippen LogP contribution >= 0.6 is 23.5 Å². The molecule has 0 aliphatic heterocycles. The Morgan fingerprint density at radius 2 is 1.00 bits per heavy atom. The van der Waals surface area contributed by atoms with Crippen LogP contribution in [0.15, 0.2) is 48.5 Å². The van der Waals surface area contributed by atoms with E-state index in [0.717, 1.165) is 0 Å². The van der Waals surface area contributed by atoms with Crippen LogP contribution in [0.3, 0.4) is 0 Å². The zero-order chi connectivity index (χ0) is 18.0. The van der Waals surface area contributed by atoms with Crippen LogP contribution in [0.4, 0.5) is 0 Å². The van der Waals surface area contributed by atoms with Crippen molar-refractivity contribution in [3.05, 3.63) is 70.8 Å². The summed E-state index contributed by atoms with van der Waals surface area (Å²) in [5.41, 5.74) is 5.64. The van der Waals surface area contributed by atoms with Crippen LogP contribution in [0.2, 0.25) is 0 Å². The smallest absolute Gasteiger partial charge is 0.0491 e. The van der Waals surface area contributed by atoms with Crippen molar-refractivity contribution >= 4 is 23.5 Å². The van der Waals surface area contributed by atoms with Crippen LogP contribution in [0.25, 0.3) is 0 Å². The minimum atomic E-state index is 0.111. The summed E-state index contributed by atoms with van der Waals surface area (Å²) < 4.78 is 0.730. The molecule has 24 heavy (non-hydrogen) atoms. The summed E-state index contributed by atoms with van der Waals surface area (Å²) in [5.74, 6) is 0. The lowest BCUT2D eigenvalue weighted by Gasteiger charge is -2.34. The minimum absolute atomic E-state index is 0.111. The van der Waals surface area contributed by atoms with E-state index < -0.39 is 0 Å². The Labute approximate surface area is 156 Å². The van der Waals surface area contributed by atoms with Crippen LogP contribution in [0.5, 0.6) is 0 Å². The maximum Gasteiger partial charge on any atom is 0.0491 e. The van der Waals surface area contributed by atoms with Gasteiger partial charge in [0, 0.05) is 14.1 Å². The highest BCUT2D eigenvalue weighted by Crippen LogP contribution is 2.49. The predicted octanol–water partition coefficient (Wildman–Crippen LogP) is 7.29. The maximum atomic E-state index is 2.35. The van der Waals surface area contributed by atoms with Crippen molar-refractivity contribution in [2.24, 2.45) is 0 Å². The Balaban J connectivity index is 2.14. The number of hydrogen-bond acceptors (Lipinski definition) is 2. The summed E-state index contributed by atoms with van der Waals surface area (Å²) in [6, 6.07) is 17.5. The predicted molar refractivity (Wildman–Crippen MR) is 113 cm³/mol. The van der Waals surface area contributed by atoms with Crippen molar-refractivity contribution in [1.29, 1.82) is 0 Å². The molecule has 0 N–H and O–H groups in total. The second-order valence-electron chi connectivity index (χ2n) is 7.45. The van der Waals surface area contributed by atoms with Crippen LogP contribution in [-0.4, -0.2) is 4.58 Å². The van der Waals surface area contributed by atoms with E-state index in [1.54, 1.807) is 0 Å². The Kier molecular flexibility index (Phi) is 6.14. The molecule has 0 spiro atoms. The zero-order valence-electron chi connectivity index (χ0n) is 16.0. The van der Waals surface area contributed by atoms with E-state index >= 15 is 0 Å². The normalized spacial score (nSPS) is 12.7. The first-order valence-electron chi connectivity index (χ1n) is 8.61. The molecular weight excluding hydrogens is 328 g/mol. The van der Waals surface area contributed by atoms with E-state index in [4.69, 9.17) is 0 Å². The van der Waals surface area contributed by atoms with Gasteiger partial charge in [-0.15, -0.1) is 23.5 Å². The van der Waals surface area contributed by atoms with Crippen molar-refractivity contribution in [3.63, 3.8) is 0 Å². The Hall–Kier alpha value is -0.860. The number of benzene rings is 2. The monoisotopic (exact) mass is 358 g/mol. The van der Waals surface area contributed by atoms with Gasteiger partial charge in [-0.25, -0.2) is 0 Å². The van der Waals surface area contributed by atoms with E-state index in [9.17, 15) is 0 Å². The molecule has 0 atom stereocenters. The third-order valence-corrected chi connectivity index (χ3v) is 7.37. The summed E-state index contributed by atoms with van der Waals surface area (Å²) in [7, 11) is 0. The summed E-state index contributed by atoms with van der Waals surface area (Å²) in [4.78, 5) is 0. The van der Waals surface area contributed by atoms with Crippen LogP contribution < -0.4 is 0 Å². The zero-order valence-corrected chi connectivity index (χ0v) is 17.6. The van der Waals surface area contributed by atoms with E-state index in [1.807, 2.05) is 0 Å². The second-order valence-corrected chi connectivity index (χ2v) is 11.7. The molecule has 0 saturated heterocycles. The van der Waals surface area contributed by atoms with E-state index in [0.29, 0.717) is 4.58 Å². The van der Waals surface area contributed by atoms with Crippen molar-refractivity contribution in [1.82, 2.24) is 0 Å². The van der Waals surface area contributed by atoms with Crippen LogP contribution in [0, 0.1) is 13.8 Å². The van der Waals surface area contributed by atoms with Crippen molar-refractivity contribution in [2.45, 2.75) is 62.5 Å². The molecule has 0 amide bonds. The fourth-order valence-corrected chi connectivity index (χ4v) is 7.49. The average Bonchev–Trinajstić information content (AvgIpc) is 2.46. The maximum absolute atomic E-state index is 2.35. The largest absolute Gasteiger partial charge is 0.137 e. The number of thioether (sulfide) groups is 2. The minimum Gasteiger partial charge on any atom is -0.137 e. The molecule has 130 valence electrons. The molecule has 0 unspecified atom stereocenters. The first-order valence-corrected chi connectivity index (χ1v) is 10.4. The molecule has 0 nitrogen and oxygen atoms in total. The highest BCUT2D eigenvalue weighted by atomic mass is 32.2. The molecule has 2 aromatic carbocycles. The number of hydrogen-bond donors (Lipinski definition) is 0. The molecule has 2 aromatic rings. The first kappa shape index (κ1) is 19.5. The molecule has 0 aliphatic carbocycles. The van der Waals surface area contributed by atoms with Gasteiger partial charge in [-0.05, 0) is 70.7 Å². The Morgan fingerprint density at radius 3 is 1.33 bits per heavy atom. The molecule has 0 aliphatic rings. The SMILES string of the molecule is Cc1ccccc1C(C)(C)SC(C)SC(C)(C)c1ccccc1C. The van der Waals surface area contributed by atoms with Gasteiger partial charge in [-0.2, -0.15) is 0 Å². The van der Waals surface area contributed by atoms with Gasteiger partial charge in [-0.3, -0.25) is 0 Å². The molecule has 0 bridgehead atoms. The lowest BCUT2D eigenvalue weighted by Crippen LogP contribution is -2.21. The second kappa shape index (κ2) is 7.58. The quantitative estimate of drug-likeness (QED) is 0.497. The van der Waals surface area contributed by atoms with Gasteiger partial charge in [-0.1, -0.05) is 48.5 Å². The van der Waals surface area contributed by atoms with Crippen molar-refractivity contribution in [2.75, 3.05) is 0 Å². The summed E-state index contributed by atoms with van der Waals surface area (Å²) in [6.07, 6.45) is 0. The molecular formula is C22H30S2. The third-order valence-electron chi connectivity index (χ3n) is 4.51. The van der Waals surface area contributed by atoms with Gasteiger partial charge < -0.3 is 0 Å². The Bertz CT molecular complexity index is 626. The van der Waals surface area contributed by atoms with Gasteiger partial charge in [0.2, 0.25) is 0 Å². The topological polar surface area (TPSA) is 0 Å². The van der Waals surface area contributed by atoms with Crippen LogP contribution in [0.1, 0.15) is 56.9 Å². The molecule has 0 saturated carbocycles. The van der Waals surface area contributed by atoms with Gasteiger partial charge in [0.15, 0.2) is 0 Å². The first-order chi connectivity index (χ1) is 11.1. The highest BCUT2D eigenvalue weighted by molar-refractivity contribution is 8.17. The lowest BCUT2D eigenvalue weighted by molar-refractivity contribution is 0.764. The molecule has 2 heteroatoms. The summed E-state index contributed by atoms with van der Waals surface area (Å²) in [5, 5.41) is 0. The molecule has 0 radical (unpaired) electrons. The Morgan fingerprint density at radius 1 is 0.667 bits per heavy atom. The molecule has 0 aromatic heterocycles. The lowest BCUT2D eigenvalue weighted by atomic mass is 9.97. The van der Waals surface area contributed by atoms with Crippen molar-refractivity contribution < 1.29 is 0 Å². The van der Waals surface area contributed by atoms with Crippen LogP contribution in [-0.2, 0) is 9.49 Å². The van der Waals surface area contributed by atoms with Gasteiger partial charge in [0.05, 0.1) is 0 Å². The third kappa shape index (κ3) is 4.61. The highest BCUT2D eigenvalue weighted by Gasteiger charge is 2.30. The summed E-state index contributed by atoms with van der Waals surface area (Å²) in [6.45, 7) is 16.2. The fraction of sp³-hybridized carbons (Fsp3) is 0.455. The van der Waals surface area contributed by atoms with E-state index in [-0.39, 0.29) is 9.49 Å².